The normalized spacial score (nSPS) is 32.6. The van der Waals surface area contributed by atoms with Crippen LogP contribution in [0.15, 0.2) is 30.3 Å². The third kappa shape index (κ3) is 1.86. The summed E-state index contributed by atoms with van der Waals surface area (Å²) in [5.41, 5.74) is 0.792. The fourth-order valence-electron chi connectivity index (χ4n) is 2.28. The lowest BCUT2D eigenvalue weighted by molar-refractivity contribution is -0.117. The maximum Gasteiger partial charge on any atom is 0.243 e. The van der Waals surface area contributed by atoms with Crippen LogP contribution in [0, 0.1) is 0 Å². The summed E-state index contributed by atoms with van der Waals surface area (Å²) >= 11 is 3.38. The highest BCUT2D eigenvalue weighted by Crippen LogP contribution is 2.41. The molecule has 3 nitrogen and oxygen atoms in total. The third-order valence-electron chi connectivity index (χ3n) is 3.06. The average Bonchev–Trinajstić information content (AvgIpc) is 2.64. The molecule has 1 amide bonds. The summed E-state index contributed by atoms with van der Waals surface area (Å²) in [5.74, 6) is 2.05. The summed E-state index contributed by atoms with van der Waals surface area (Å²) in [6, 6.07) is 9.42. The molecule has 0 spiro atoms. The van der Waals surface area contributed by atoms with Gasteiger partial charge >= 0.3 is 0 Å². The van der Waals surface area contributed by atoms with E-state index in [1.165, 1.54) is 0 Å². The van der Waals surface area contributed by atoms with Crippen LogP contribution in [-0.4, -0.2) is 39.2 Å². The molecule has 1 N–H and O–H groups in total. The van der Waals surface area contributed by atoms with Gasteiger partial charge < -0.3 is 5.11 Å². The van der Waals surface area contributed by atoms with Crippen molar-refractivity contribution < 1.29 is 9.90 Å². The number of para-hydroxylation sites is 1. The number of thioether (sulfide) groups is 2. The van der Waals surface area contributed by atoms with Gasteiger partial charge in [0.25, 0.3) is 0 Å². The van der Waals surface area contributed by atoms with Crippen LogP contribution < -0.4 is 4.90 Å². The molecule has 2 aliphatic heterocycles. The van der Waals surface area contributed by atoms with Gasteiger partial charge in [-0.25, -0.2) is 0 Å². The second kappa shape index (κ2) is 4.55. The minimum absolute atomic E-state index is 0.0152. The van der Waals surface area contributed by atoms with Crippen LogP contribution in [-0.2, 0) is 4.79 Å². The van der Waals surface area contributed by atoms with Gasteiger partial charge in [0.05, 0.1) is 5.25 Å². The SMILES string of the molecule is O=C1C2SCCSC2C(O)N1c1ccccc1. The Morgan fingerprint density at radius 1 is 1.18 bits per heavy atom. The molecule has 2 fully saturated rings. The van der Waals surface area contributed by atoms with Gasteiger partial charge in [-0.15, -0.1) is 11.8 Å². The highest BCUT2D eigenvalue weighted by Gasteiger charge is 2.49. The van der Waals surface area contributed by atoms with Crippen molar-refractivity contribution in [3.8, 4) is 0 Å². The molecule has 5 heteroatoms. The molecule has 0 aromatic heterocycles. The zero-order valence-electron chi connectivity index (χ0n) is 9.15. The van der Waals surface area contributed by atoms with E-state index in [1.54, 1.807) is 28.4 Å². The Morgan fingerprint density at radius 3 is 2.59 bits per heavy atom. The Bertz CT molecular complexity index is 426. The van der Waals surface area contributed by atoms with E-state index in [-0.39, 0.29) is 16.4 Å². The van der Waals surface area contributed by atoms with Crippen molar-refractivity contribution in [2.24, 2.45) is 0 Å². The third-order valence-corrected chi connectivity index (χ3v) is 6.13. The molecular formula is C12H13NO2S2. The number of rotatable bonds is 1. The predicted molar refractivity (Wildman–Crippen MR) is 72.4 cm³/mol. The molecule has 2 saturated heterocycles. The standard InChI is InChI=1S/C12H13NO2S2/c14-11-9-10(17-7-6-16-9)12(15)13(11)8-4-2-1-3-5-8/h1-5,9-11,14H,6-7H2. The smallest absolute Gasteiger partial charge is 0.243 e. The summed E-state index contributed by atoms with van der Waals surface area (Å²) in [6.45, 7) is 0. The molecular weight excluding hydrogens is 254 g/mol. The Hall–Kier alpha value is -0.650. The first-order valence-corrected chi connectivity index (χ1v) is 7.68. The van der Waals surface area contributed by atoms with Gasteiger partial charge in [0.1, 0.15) is 11.5 Å². The van der Waals surface area contributed by atoms with E-state index in [4.69, 9.17) is 0 Å². The summed E-state index contributed by atoms with van der Waals surface area (Å²) < 4.78 is 0. The van der Waals surface area contributed by atoms with Gasteiger partial charge in [0.15, 0.2) is 0 Å². The summed E-state index contributed by atoms with van der Waals surface area (Å²) in [4.78, 5) is 13.8. The number of hydrogen-bond acceptors (Lipinski definition) is 4. The molecule has 2 heterocycles. The first-order valence-electron chi connectivity index (χ1n) is 5.58. The van der Waals surface area contributed by atoms with E-state index in [0.29, 0.717) is 0 Å². The second-order valence-corrected chi connectivity index (χ2v) is 6.62. The predicted octanol–water partition coefficient (Wildman–Crippen LogP) is 1.57. The molecule has 3 rings (SSSR count). The molecule has 17 heavy (non-hydrogen) atoms. The summed E-state index contributed by atoms with van der Waals surface area (Å²) in [5, 5.41) is 10.2. The van der Waals surface area contributed by atoms with Crippen molar-refractivity contribution in [3.63, 3.8) is 0 Å². The molecule has 3 unspecified atom stereocenters. The molecule has 90 valence electrons. The van der Waals surface area contributed by atoms with E-state index in [2.05, 4.69) is 0 Å². The quantitative estimate of drug-likeness (QED) is 0.838. The van der Waals surface area contributed by atoms with Gasteiger partial charge in [0.2, 0.25) is 5.91 Å². The Kier molecular flexibility index (Phi) is 3.06. The number of fused-ring (bicyclic) bond motifs is 1. The second-order valence-electron chi connectivity index (χ2n) is 4.08. The zero-order chi connectivity index (χ0) is 11.8. The summed E-state index contributed by atoms with van der Waals surface area (Å²) in [6.07, 6.45) is -0.687. The maximum atomic E-state index is 12.3. The van der Waals surface area contributed by atoms with E-state index >= 15 is 0 Å². The molecule has 0 radical (unpaired) electrons. The zero-order valence-corrected chi connectivity index (χ0v) is 10.8. The van der Waals surface area contributed by atoms with Crippen molar-refractivity contribution in [1.29, 1.82) is 0 Å². The molecule has 1 aromatic rings. The number of nitrogens with zero attached hydrogens (tertiary/aromatic N) is 1. The highest BCUT2D eigenvalue weighted by molar-refractivity contribution is 8.07. The number of anilines is 1. The number of carbonyl (C=O) groups excluding carboxylic acids is 1. The number of aliphatic hydroxyl groups is 1. The monoisotopic (exact) mass is 267 g/mol. The van der Waals surface area contributed by atoms with Crippen LogP contribution in [0.5, 0.6) is 0 Å². The van der Waals surface area contributed by atoms with Crippen LogP contribution in [0.1, 0.15) is 0 Å². The number of carbonyl (C=O) groups is 1. The first kappa shape index (κ1) is 11.4. The lowest BCUT2D eigenvalue weighted by Gasteiger charge is -2.24. The van der Waals surface area contributed by atoms with Crippen LogP contribution in [0.4, 0.5) is 5.69 Å². The number of aliphatic hydroxyl groups excluding tert-OH is 1. The Labute approximate surface area is 109 Å². The van der Waals surface area contributed by atoms with Gasteiger partial charge in [-0.1, -0.05) is 18.2 Å². The average molecular weight is 267 g/mol. The lowest BCUT2D eigenvalue weighted by atomic mass is 10.3. The maximum absolute atomic E-state index is 12.3. The van der Waals surface area contributed by atoms with Crippen molar-refractivity contribution >= 4 is 35.1 Å². The number of hydrogen-bond donors (Lipinski definition) is 1. The van der Waals surface area contributed by atoms with Crippen LogP contribution >= 0.6 is 23.5 Å². The lowest BCUT2D eigenvalue weighted by Crippen LogP contribution is -2.36. The molecule has 0 saturated carbocycles. The number of benzene rings is 1. The fraction of sp³-hybridized carbons (Fsp3) is 0.417. The van der Waals surface area contributed by atoms with Crippen LogP contribution in [0.3, 0.4) is 0 Å². The fourth-order valence-corrected chi connectivity index (χ4v) is 5.22. The van der Waals surface area contributed by atoms with E-state index < -0.39 is 6.23 Å². The van der Waals surface area contributed by atoms with Crippen molar-refractivity contribution in [1.82, 2.24) is 0 Å². The van der Waals surface area contributed by atoms with E-state index in [9.17, 15) is 9.90 Å². The van der Waals surface area contributed by atoms with Gasteiger partial charge in [0, 0.05) is 17.2 Å². The van der Waals surface area contributed by atoms with Crippen molar-refractivity contribution in [2.75, 3.05) is 16.4 Å². The molecule has 1 aromatic carbocycles. The minimum atomic E-state index is -0.687. The van der Waals surface area contributed by atoms with Gasteiger partial charge in [-0.05, 0) is 12.1 Å². The largest absolute Gasteiger partial charge is 0.372 e. The van der Waals surface area contributed by atoms with Gasteiger partial charge in [-0.3, -0.25) is 9.69 Å². The minimum Gasteiger partial charge on any atom is -0.372 e. The van der Waals surface area contributed by atoms with E-state index in [0.717, 1.165) is 17.2 Å². The first-order chi connectivity index (χ1) is 8.29. The topological polar surface area (TPSA) is 40.5 Å². The van der Waals surface area contributed by atoms with Crippen molar-refractivity contribution in [2.45, 2.75) is 16.7 Å². The number of amides is 1. The highest BCUT2D eigenvalue weighted by atomic mass is 32.2. The van der Waals surface area contributed by atoms with Crippen LogP contribution in [0.2, 0.25) is 0 Å². The Balaban J connectivity index is 1.93. The molecule has 2 aliphatic rings. The van der Waals surface area contributed by atoms with E-state index in [1.807, 2.05) is 30.3 Å². The molecule has 0 aliphatic carbocycles. The van der Waals surface area contributed by atoms with Crippen LogP contribution in [0.25, 0.3) is 0 Å². The van der Waals surface area contributed by atoms with Crippen molar-refractivity contribution in [3.05, 3.63) is 30.3 Å². The molecule has 0 bridgehead atoms. The molecule has 3 atom stereocenters. The van der Waals surface area contributed by atoms with Gasteiger partial charge in [-0.2, -0.15) is 11.8 Å². The summed E-state index contributed by atoms with van der Waals surface area (Å²) in [7, 11) is 0. The Morgan fingerprint density at radius 2 is 1.88 bits per heavy atom.